The number of benzene rings is 1. The van der Waals surface area contributed by atoms with E-state index in [1.807, 2.05) is 75.2 Å². The predicted octanol–water partition coefficient (Wildman–Crippen LogP) is 2.77. The Labute approximate surface area is 114 Å². The Bertz CT molecular complexity index is 475. The van der Waals surface area contributed by atoms with Gasteiger partial charge in [0.1, 0.15) is 19.8 Å². The van der Waals surface area contributed by atoms with Crippen LogP contribution in [0.1, 0.15) is 5.56 Å². The molecule has 3 nitrogen and oxygen atoms in total. The largest absolute Gasteiger partial charge is 0.450 e. The molecule has 18 heavy (non-hydrogen) atoms. The lowest BCUT2D eigenvalue weighted by Crippen LogP contribution is -2.11. The van der Waals surface area contributed by atoms with Crippen molar-refractivity contribution in [3.8, 4) is 5.75 Å². The SMILES string of the molecule is Cc1cc(O/C(C=[N+](C)C)=C\N(C)C)ccc1Cl. The van der Waals surface area contributed by atoms with E-state index in [2.05, 4.69) is 0 Å². The Morgan fingerprint density at radius 2 is 2.00 bits per heavy atom. The smallest absolute Gasteiger partial charge is 0.207 e. The molecular weight excluding hydrogens is 248 g/mol. The summed E-state index contributed by atoms with van der Waals surface area (Å²) in [6, 6.07) is 5.63. The minimum absolute atomic E-state index is 0.747. The Morgan fingerprint density at radius 1 is 1.33 bits per heavy atom. The molecule has 0 saturated heterocycles. The molecule has 0 amide bonds. The Morgan fingerprint density at radius 3 is 2.50 bits per heavy atom. The summed E-state index contributed by atoms with van der Waals surface area (Å²) in [5.74, 6) is 1.55. The van der Waals surface area contributed by atoms with Crippen LogP contribution in [-0.4, -0.2) is 43.9 Å². The summed E-state index contributed by atoms with van der Waals surface area (Å²) in [6.45, 7) is 1.96. The number of hydrogen-bond acceptors (Lipinski definition) is 2. The number of nitrogens with zero attached hydrogens (tertiary/aromatic N) is 2. The molecule has 4 heteroatoms. The maximum atomic E-state index is 5.99. The summed E-state index contributed by atoms with van der Waals surface area (Å²) < 4.78 is 7.78. The summed E-state index contributed by atoms with van der Waals surface area (Å²) >= 11 is 5.99. The van der Waals surface area contributed by atoms with Gasteiger partial charge < -0.3 is 9.64 Å². The van der Waals surface area contributed by atoms with Gasteiger partial charge in [-0.05, 0) is 30.7 Å². The Kier molecular flexibility index (Phi) is 5.23. The molecule has 0 heterocycles. The third-order valence-electron chi connectivity index (χ3n) is 2.14. The molecule has 1 rings (SSSR count). The average Bonchev–Trinajstić information content (AvgIpc) is 2.21. The molecule has 0 aliphatic heterocycles. The quantitative estimate of drug-likeness (QED) is 0.474. The number of allylic oxidation sites excluding steroid dienone is 1. The van der Waals surface area contributed by atoms with Crippen LogP contribution in [0.15, 0.2) is 30.2 Å². The van der Waals surface area contributed by atoms with Crippen molar-refractivity contribution >= 4 is 17.8 Å². The van der Waals surface area contributed by atoms with Crippen molar-refractivity contribution in [3.05, 3.63) is 40.7 Å². The maximum absolute atomic E-state index is 5.99. The summed E-state index contributed by atoms with van der Waals surface area (Å²) in [7, 11) is 7.83. The van der Waals surface area contributed by atoms with E-state index in [1.54, 1.807) is 0 Å². The summed E-state index contributed by atoms with van der Waals surface area (Å²) in [6.07, 6.45) is 3.84. The molecule has 1 aromatic carbocycles. The normalized spacial score (nSPS) is 11.1. The second-order valence-corrected chi connectivity index (χ2v) is 5.01. The summed E-state index contributed by atoms with van der Waals surface area (Å²) in [5, 5.41) is 0.747. The van der Waals surface area contributed by atoms with Crippen molar-refractivity contribution in [2.24, 2.45) is 0 Å². The zero-order chi connectivity index (χ0) is 13.7. The van der Waals surface area contributed by atoms with E-state index in [-0.39, 0.29) is 0 Å². The van der Waals surface area contributed by atoms with Gasteiger partial charge in [0.05, 0.1) is 0 Å². The maximum Gasteiger partial charge on any atom is 0.207 e. The van der Waals surface area contributed by atoms with Crippen LogP contribution in [0, 0.1) is 6.92 Å². The molecule has 0 aromatic heterocycles. The number of ether oxygens (including phenoxy) is 1. The third kappa shape index (κ3) is 4.80. The molecule has 0 unspecified atom stereocenters. The first-order valence-electron chi connectivity index (χ1n) is 5.72. The number of hydrogen-bond donors (Lipinski definition) is 0. The van der Waals surface area contributed by atoms with E-state index in [0.717, 1.165) is 22.1 Å². The van der Waals surface area contributed by atoms with E-state index in [0.29, 0.717) is 0 Å². The van der Waals surface area contributed by atoms with Crippen molar-refractivity contribution in [2.75, 3.05) is 28.2 Å². The van der Waals surface area contributed by atoms with Gasteiger partial charge in [0.25, 0.3) is 0 Å². The zero-order valence-electron chi connectivity index (χ0n) is 11.6. The molecule has 0 aliphatic carbocycles. The monoisotopic (exact) mass is 267 g/mol. The minimum atomic E-state index is 0.747. The fourth-order valence-corrected chi connectivity index (χ4v) is 1.53. The number of aryl methyl sites for hydroxylation is 1. The average molecular weight is 268 g/mol. The van der Waals surface area contributed by atoms with Gasteiger partial charge in [0, 0.05) is 25.3 Å². The van der Waals surface area contributed by atoms with Crippen molar-refractivity contribution in [1.82, 2.24) is 4.90 Å². The molecule has 0 saturated carbocycles. The fraction of sp³-hybridized carbons (Fsp3) is 0.357. The minimum Gasteiger partial charge on any atom is -0.450 e. The first-order chi connectivity index (χ1) is 8.38. The van der Waals surface area contributed by atoms with E-state index in [4.69, 9.17) is 16.3 Å². The molecule has 0 spiro atoms. The standard InChI is InChI=1S/C14H20ClN2O/c1-11-8-12(6-7-14(11)15)18-13(9-16(2)3)10-17(4)5/h6-10H,1-5H3/q+1. The van der Waals surface area contributed by atoms with Crippen LogP contribution in [0.25, 0.3) is 0 Å². The van der Waals surface area contributed by atoms with Crippen LogP contribution in [-0.2, 0) is 0 Å². The molecule has 0 atom stereocenters. The van der Waals surface area contributed by atoms with E-state index in [9.17, 15) is 0 Å². The highest BCUT2D eigenvalue weighted by Gasteiger charge is 2.05. The first-order valence-corrected chi connectivity index (χ1v) is 6.10. The van der Waals surface area contributed by atoms with Gasteiger partial charge in [-0.25, -0.2) is 4.58 Å². The highest BCUT2D eigenvalue weighted by Crippen LogP contribution is 2.22. The van der Waals surface area contributed by atoms with Crippen LogP contribution in [0.3, 0.4) is 0 Å². The lowest BCUT2D eigenvalue weighted by atomic mass is 10.2. The van der Waals surface area contributed by atoms with E-state index < -0.39 is 0 Å². The second-order valence-electron chi connectivity index (χ2n) is 4.60. The molecule has 0 fully saturated rings. The van der Waals surface area contributed by atoms with Gasteiger partial charge in [0.15, 0.2) is 0 Å². The molecule has 0 aliphatic rings. The van der Waals surface area contributed by atoms with Crippen LogP contribution < -0.4 is 4.74 Å². The van der Waals surface area contributed by atoms with E-state index in [1.165, 1.54) is 0 Å². The zero-order valence-corrected chi connectivity index (χ0v) is 12.3. The van der Waals surface area contributed by atoms with Gasteiger partial charge in [0.2, 0.25) is 12.0 Å². The molecule has 0 bridgehead atoms. The Hall–Kier alpha value is -1.48. The van der Waals surface area contributed by atoms with Gasteiger partial charge in [-0.3, -0.25) is 0 Å². The topological polar surface area (TPSA) is 15.5 Å². The molecule has 0 N–H and O–H groups in total. The van der Waals surface area contributed by atoms with Crippen molar-refractivity contribution in [3.63, 3.8) is 0 Å². The lowest BCUT2D eigenvalue weighted by molar-refractivity contribution is -0.459. The van der Waals surface area contributed by atoms with Crippen LogP contribution in [0.2, 0.25) is 5.02 Å². The third-order valence-corrected chi connectivity index (χ3v) is 2.56. The number of rotatable bonds is 4. The van der Waals surface area contributed by atoms with Gasteiger partial charge in [-0.15, -0.1) is 0 Å². The predicted molar refractivity (Wildman–Crippen MR) is 76.8 cm³/mol. The molecular formula is C14H20ClN2O+. The molecule has 98 valence electrons. The molecule has 0 radical (unpaired) electrons. The van der Waals surface area contributed by atoms with Crippen molar-refractivity contribution < 1.29 is 9.31 Å². The van der Waals surface area contributed by atoms with Gasteiger partial charge in [-0.1, -0.05) is 11.6 Å². The lowest BCUT2D eigenvalue weighted by Gasteiger charge is -2.10. The van der Waals surface area contributed by atoms with Crippen LogP contribution >= 0.6 is 11.6 Å². The summed E-state index contributed by atoms with van der Waals surface area (Å²) in [5.41, 5.74) is 1.00. The Balaban J connectivity index is 2.96. The van der Waals surface area contributed by atoms with Crippen molar-refractivity contribution in [2.45, 2.75) is 6.92 Å². The van der Waals surface area contributed by atoms with Gasteiger partial charge >= 0.3 is 0 Å². The van der Waals surface area contributed by atoms with E-state index >= 15 is 0 Å². The first kappa shape index (κ1) is 14.6. The highest BCUT2D eigenvalue weighted by molar-refractivity contribution is 6.31. The number of halogens is 1. The molecule has 1 aromatic rings. The second kappa shape index (κ2) is 6.45. The van der Waals surface area contributed by atoms with Crippen LogP contribution in [0.5, 0.6) is 5.75 Å². The highest BCUT2D eigenvalue weighted by atomic mass is 35.5. The van der Waals surface area contributed by atoms with Gasteiger partial charge in [-0.2, -0.15) is 0 Å². The fourth-order valence-electron chi connectivity index (χ4n) is 1.41. The van der Waals surface area contributed by atoms with Crippen LogP contribution in [0.4, 0.5) is 0 Å². The van der Waals surface area contributed by atoms with Crippen molar-refractivity contribution in [1.29, 1.82) is 0 Å². The summed E-state index contributed by atoms with van der Waals surface area (Å²) in [4.78, 5) is 1.94.